The Labute approximate surface area is 82.8 Å². The molecule has 1 fully saturated rings. The number of rotatable bonds is 2. The van der Waals surface area contributed by atoms with Crippen molar-refractivity contribution in [2.75, 3.05) is 12.3 Å². The minimum Gasteiger partial charge on any atom is -0.382 e. The molecule has 0 aliphatic carbocycles. The first-order valence-electron chi connectivity index (χ1n) is 4.66. The van der Waals surface area contributed by atoms with Gasteiger partial charge in [-0.2, -0.15) is 5.10 Å². The number of nitrogens with zero attached hydrogens (tertiary/aromatic N) is 2. The lowest BCUT2D eigenvalue weighted by Gasteiger charge is -2.16. The highest BCUT2D eigenvalue weighted by molar-refractivity contribution is 5.23. The van der Waals surface area contributed by atoms with Crippen LogP contribution >= 0.6 is 0 Å². The SMILES string of the molecule is CC1(C)OC[C@H](Cn2ccc(N)n2)O1. The van der Waals surface area contributed by atoms with E-state index in [2.05, 4.69) is 5.10 Å². The van der Waals surface area contributed by atoms with Crippen LogP contribution in [-0.2, 0) is 16.0 Å². The Morgan fingerprint density at radius 3 is 3.00 bits per heavy atom. The van der Waals surface area contributed by atoms with E-state index in [-0.39, 0.29) is 6.10 Å². The zero-order valence-electron chi connectivity index (χ0n) is 8.43. The monoisotopic (exact) mass is 197 g/mol. The van der Waals surface area contributed by atoms with Crippen LogP contribution in [0.25, 0.3) is 0 Å². The molecule has 2 heterocycles. The van der Waals surface area contributed by atoms with Crippen molar-refractivity contribution in [2.24, 2.45) is 0 Å². The topological polar surface area (TPSA) is 62.3 Å². The van der Waals surface area contributed by atoms with Crippen molar-refractivity contribution in [2.45, 2.75) is 32.3 Å². The van der Waals surface area contributed by atoms with Crippen LogP contribution in [0, 0.1) is 0 Å². The Morgan fingerprint density at radius 2 is 2.50 bits per heavy atom. The van der Waals surface area contributed by atoms with Crippen LogP contribution < -0.4 is 5.73 Å². The second-order valence-electron chi connectivity index (χ2n) is 3.91. The Bertz CT molecular complexity index is 322. The summed E-state index contributed by atoms with van der Waals surface area (Å²) in [4.78, 5) is 0. The molecule has 1 atom stereocenters. The zero-order valence-corrected chi connectivity index (χ0v) is 8.43. The van der Waals surface area contributed by atoms with Gasteiger partial charge in [-0.15, -0.1) is 0 Å². The van der Waals surface area contributed by atoms with Crippen molar-refractivity contribution >= 4 is 5.82 Å². The van der Waals surface area contributed by atoms with Crippen molar-refractivity contribution in [3.8, 4) is 0 Å². The first kappa shape index (κ1) is 9.48. The van der Waals surface area contributed by atoms with Gasteiger partial charge in [-0.25, -0.2) is 0 Å². The summed E-state index contributed by atoms with van der Waals surface area (Å²) in [5.74, 6) is 0.0618. The third-order valence-electron chi connectivity index (χ3n) is 2.12. The highest BCUT2D eigenvalue weighted by Crippen LogP contribution is 2.22. The molecule has 0 unspecified atom stereocenters. The van der Waals surface area contributed by atoms with Gasteiger partial charge in [-0.1, -0.05) is 0 Å². The van der Waals surface area contributed by atoms with Gasteiger partial charge in [0.1, 0.15) is 11.9 Å². The van der Waals surface area contributed by atoms with E-state index < -0.39 is 5.79 Å². The lowest BCUT2D eigenvalue weighted by Crippen LogP contribution is -2.24. The number of hydrogen-bond donors (Lipinski definition) is 1. The molecule has 1 aromatic rings. The molecule has 1 aliphatic rings. The maximum Gasteiger partial charge on any atom is 0.163 e. The van der Waals surface area contributed by atoms with Gasteiger partial charge in [0.25, 0.3) is 0 Å². The molecule has 5 nitrogen and oxygen atoms in total. The fourth-order valence-electron chi connectivity index (χ4n) is 1.54. The molecule has 2 rings (SSSR count). The summed E-state index contributed by atoms with van der Waals surface area (Å²) in [6.07, 6.45) is 1.90. The summed E-state index contributed by atoms with van der Waals surface area (Å²) in [6.45, 7) is 5.10. The average molecular weight is 197 g/mol. The smallest absolute Gasteiger partial charge is 0.163 e. The molecule has 1 saturated heterocycles. The van der Waals surface area contributed by atoms with E-state index in [4.69, 9.17) is 15.2 Å². The summed E-state index contributed by atoms with van der Waals surface area (Å²) in [5.41, 5.74) is 5.50. The van der Waals surface area contributed by atoms with Gasteiger partial charge < -0.3 is 15.2 Å². The highest BCUT2D eigenvalue weighted by Gasteiger charge is 2.32. The number of nitrogen functional groups attached to an aromatic ring is 1. The van der Waals surface area contributed by atoms with Crippen molar-refractivity contribution in [1.29, 1.82) is 0 Å². The predicted octanol–water partition coefficient (Wildman–Crippen LogP) is 0.617. The Kier molecular flexibility index (Phi) is 2.20. The normalized spacial score (nSPS) is 25.4. The fourth-order valence-corrected chi connectivity index (χ4v) is 1.54. The van der Waals surface area contributed by atoms with Crippen LogP contribution in [0.2, 0.25) is 0 Å². The summed E-state index contributed by atoms with van der Waals surface area (Å²) in [5, 5.41) is 4.08. The lowest BCUT2D eigenvalue weighted by molar-refractivity contribution is -0.139. The third kappa shape index (κ3) is 2.05. The molecule has 5 heteroatoms. The average Bonchev–Trinajstić information content (AvgIpc) is 2.59. The quantitative estimate of drug-likeness (QED) is 0.754. The molecule has 0 bridgehead atoms. The van der Waals surface area contributed by atoms with Gasteiger partial charge in [0.05, 0.1) is 13.2 Å². The number of ether oxygens (including phenoxy) is 2. The van der Waals surface area contributed by atoms with E-state index in [0.29, 0.717) is 19.0 Å². The number of hydrogen-bond acceptors (Lipinski definition) is 4. The van der Waals surface area contributed by atoms with Gasteiger partial charge in [-0.3, -0.25) is 4.68 Å². The van der Waals surface area contributed by atoms with Gasteiger partial charge in [0, 0.05) is 6.20 Å². The van der Waals surface area contributed by atoms with Crippen molar-refractivity contribution in [3.05, 3.63) is 12.3 Å². The molecular formula is C9H15N3O2. The minimum atomic E-state index is -0.469. The van der Waals surface area contributed by atoms with E-state index in [1.807, 2.05) is 20.0 Å². The summed E-state index contributed by atoms with van der Waals surface area (Å²) >= 11 is 0. The first-order chi connectivity index (χ1) is 6.55. The maximum atomic E-state index is 5.64. The van der Waals surface area contributed by atoms with Crippen molar-refractivity contribution in [3.63, 3.8) is 0 Å². The van der Waals surface area contributed by atoms with E-state index in [9.17, 15) is 0 Å². The fraction of sp³-hybridized carbons (Fsp3) is 0.667. The molecule has 14 heavy (non-hydrogen) atoms. The van der Waals surface area contributed by atoms with Gasteiger partial charge >= 0.3 is 0 Å². The largest absolute Gasteiger partial charge is 0.382 e. The highest BCUT2D eigenvalue weighted by atomic mass is 16.7. The van der Waals surface area contributed by atoms with Crippen LogP contribution in [0.4, 0.5) is 5.82 Å². The molecule has 1 aromatic heterocycles. The van der Waals surface area contributed by atoms with Crippen LogP contribution in [0.3, 0.4) is 0 Å². The lowest BCUT2D eigenvalue weighted by atomic mass is 10.4. The molecule has 1 aliphatic heterocycles. The van der Waals surface area contributed by atoms with E-state index in [1.54, 1.807) is 10.7 Å². The maximum absolute atomic E-state index is 5.64. The van der Waals surface area contributed by atoms with Crippen molar-refractivity contribution in [1.82, 2.24) is 9.78 Å². The molecule has 0 radical (unpaired) electrons. The standard InChI is InChI=1S/C9H15N3O2/c1-9(2)13-6-7(14-9)5-12-4-3-8(10)11-12/h3-4,7H,5-6H2,1-2H3,(H2,10,11)/t7-/m0/s1. The van der Waals surface area contributed by atoms with E-state index in [0.717, 1.165) is 0 Å². The summed E-state index contributed by atoms with van der Waals surface area (Å²) in [7, 11) is 0. The predicted molar refractivity (Wildman–Crippen MR) is 51.5 cm³/mol. The summed E-state index contributed by atoms with van der Waals surface area (Å²) < 4.78 is 12.8. The number of nitrogens with two attached hydrogens (primary N) is 1. The number of aromatic nitrogens is 2. The van der Waals surface area contributed by atoms with Crippen molar-refractivity contribution < 1.29 is 9.47 Å². The van der Waals surface area contributed by atoms with Gasteiger partial charge in [0.15, 0.2) is 5.79 Å². The van der Waals surface area contributed by atoms with E-state index >= 15 is 0 Å². The second kappa shape index (κ2) is 3.25. The Balaban J connectivity index is 1.94. The Hall–Kier alpha value is -1.07. The molecule has 78 valence electrons. The minimum absolute atomic E-state index is 0.0595. The Morgan fingerprint density at radius 1 is 1.71 bits per heavy atom. The molecule has 0 amide bonds. The molecule has 0 spiro atoms. The van der Waals surface area contributed by atoms with Gasteiger partial charge in [-0.05, 0) is 19.9 Å². The van der Waals surface area contributed by atoms with E-state index in [1.165, 1.54) is 0 Å². The number of anilines is 1. The first-order valence-corrected chi connectivity index (χ1v) is 4.66. The molecular weight excluding hydrogens is 182 g/mol. The van der Waals surface area contributed by atoms with Gasteiger partial charge in [0.2, 0.25) is 0 Å². The molecule has 2 N–H and O–H groups in total. The zero-order chi connectivity index (χ0) is 10.2. The second-order valence-corrected chi connectivity index (χ2v) is 3.91. The van der Waals surface area contributed by atoms with Crippen LogP contribution in [0.15, 0.2) is 12.3 Å². The van der Waals surface area contributed by atoms with Crippen LogP contribution in [0.1, 0.15) is 13.8 Å². The summed E-state index contributed by atoms with van der Waals surface area (Å²) in [6, 6.07) is 1.76. The molecule has 0 saturated carbocycles. The third-order valence-corrected chi connectivity index (χ3v) is 2.12. The van der Waals surface area contributed by atoms with Crippen LogP contribution in [0.5, 0.6) is 0 Å². The van der Waals surface area contributed by atoms with Crippen LogP contribution in [-0.4, -0.2) is 28.3 Å². The molecule has 0 aromatic carbocycles.